The van der Waals surface area contributed by atoms with E-state index in [2.05, 4.69) is 44.6 Å². The molecule has 2 heterocycles. The summed E-state index contributed by atoms with van der Waals surface area (Å²) in [5.74, 6) is 0.463. The number of rotatable bonds is 9. The standard InChI is InChI=1S/C27H32FN5O3/c1-4-33-11-9-19(10-12-33)18-5-7-22(8-6-18)32-27-30-15-23(16-31-27)36-17-21-13-20(26(34)29-2)14-24(35-3)25(21)28/h5-8,13-16,19H,4,9-12,17H2,1-3H3,(H,29,34)(H,30,31,32). The predicted octanol–water partition coefficient (Wildman–Crippen LogP) is 4.51. The van der Waals surface area contributed by atoms with Gasteiger partial charge >= 0.3 is 0 Å². The van der Waals surface area contributed by atoms with E-state index in [1.165, 1.54) is 57.1 Å². The van der Waals surface area contributed by atoms with Crippen LogP contribution in [-0.4, -0.2) is 54.6 Å². The molecule has 3 aromatic rings. The molecule has 1 aromatic heterocycles. The molecule has 36 heavy (non-hydrogen) atoms. The summed E-state index contributed by atoms with van der Waals surface area (Å²) >= 11 is 0. The summed E-state index contributed by atoms with van der Waals surface area (Å²) in [7, 11) is 2.85. The van der Waals surface area contributed by atoms with Crippen molar-refractivity contribution in [2.24, 2.45) is 0 Å². The third kappa shape index (κ3) is 6.09. The second-order valence-corrected chi connectivity index (χ2v) is 8.72. The van der Waals surface area contributed by atoms with Crippen LogP contribution in [0.15, 0.2) is 48.8 Å². The SMILES string of the molecule is CCN1CCC(c2ccc(Nc3ncc(OCc4cc(C(=O)NC)cc(OC)c4F)cn3)cc2)CC1. The van der Waals surface area contributed by atoms with Gasteiger partial charge in [-0.2, -0.15) is 0 Å². The monoisotopic (exact) mass is 493 g/mol. The number of amides is 1. The van der Waals surface area contributed by atoms with Gasteiger partial charge in [0.1, 0.15) is 6.61 Å². The average Bonchev–Trinajstić information content (AvgIpc) is 2.93. The quantitative estimate of drug-likeness (QED) is 0.454. The number of likely N-dealkylation sites (tertiary alicyclic amines) is 1. The summed E-state index contributed by atoms with van der Waals surface area (Å²) in [6.45, 7) is 5.54. The van der Waals surface area contributed by atoms with Crippen molar-refractivity contribution >= 4 is 17.5 Å². The van der Waals surface area contributed by atoms with Crippen molar-refractivity contribution in [1.82, 2.24) is 20.2 Å². The minimum Gasteiger partial charge on any atom is -0.494 e. The lowest BCUT2D eigenvalue weighted by Gasteiger charge is -2.31. The second-order valence-electron chi connectivity index (χ2n) is 8.72. The topological polar surface area (TPSA) is 88.6 Å². The Bertz CT molecular complexity index is 1160. The average molecular weight is 494 g/mol. The number of methoxy groups -OCH3 is 1. The lowest BCUT2D eigenvalue weighted by Crippen LogP contribution is -2.32. The number of anilines is 2. The van der Waals surface area contributed by atoms with E-state index in [1.54, 1.807) is 0 Å². The maximum atomic E-state index is 14.6. The van der Waals surface area contributed by atoms with E-state index in [1.807, 2.05) is 12.1 Å². The summed E-state index contributed by atoms with van der Waals surface area (Å²) < 4.78 is 25.3. The van der Waals surface area contributed by atoms with Crippen LogP contribution in [0.1, 0.15) is 47.2 Å². The smallest absolute Gasteiger partial charge is 0.251 e. The Balaban J connectivity index is 1.35. The second kappa shape index (κ2) is 11.8. The largest absolute Gasteiger partial charge is 0.494 e. The Kier molecular flexibility index (Phi) is 8.32. The van der Waals surface area contributed by atoms with Gasteiger partial charge < -0.3 is 25.0 Å². The van der Waals surface area contributed by atoms with E-state index in [4.69, 9.17) is 9.47 Å². The highest BCUT2D eigenvalue weighted by atomic mass is 19.1. The van der Waals surface area contributed by atoms with Gasteiger partial charge in [-0.3, -0.25) is 4.79 Å². The zero-order valence-electron chi connectivity index (χ0n) is 20.9. The number of hydrogen-bond acceptors (Lipinski definition) is 7. The highest BCUT2D eigenvalue weighted by Crippen LogP contribution is 2.29. The maximum Gasteiger partial charge on any atom is 0.251 e. The summed E-state index contributed by atoms with van der Waals surface area (Å²) in [4.78, 5) is 23.1. The normalized spacial score (nSPS) is 14.3. The molecular formula is C27H32FN5O3. The van der Waals surface area contributed by atoms with E-state index in [0.29, 0.717) is 17.6 Å². The van der Waals surface area contributed by atoms with Gasteiger partial charge in [-0.15, -0.1) is 0 Å². The van der Waals surface area contributed by atoms with Crippen molar-refractivity contribution in [2.75, 3.05) is 39.1 Å². The van der Waals surface area contributed by atoms with Crippen LogP contribution in [0.25, 0.3) is 0 Å². The maximum absolute atomic E-state index is 14.6. The summed E-state index contributed by atoms with van der Waals surface area (Å²) in [5, 5.41) is 5.71. The van der Waals surface area contributed by atoms with Gasteiger partial charge in [-0.05, 0) is 68.2 Å². The molecular weight excluding hydrogens is 461 g/mol. The first-order chi connectivity index (χ1) is 17.5. The van der Waals surface area contributed by atoms with Crippen molar-refractivity contribution < 1.29 is 18.7 Å². The first-order valence-electron chi connectivity index (χ1n) is 12.1. The molecule has 1 aliphatic heterocycles. The van der Waals surface area contributed by atoms with Crippen molar-refractivity contribution in [3.63, 3.8) is 0 Å². The highest BCUT2D eigenvalue weighted by molar-refractivity contribution is 5.94. The molecule has 1 fully saturated rings. The number of hydrogen-bond donors (Lipinski definition) is 2. The molecule has 0 unspecified atom stereocenters. The molecule has 0 bridgehead atoms. The van der Waals surface area contributed by atoms with Crippen molar-refractivity contribution in [3.8, 4) is 11.5 Å². The molecule has 0 radical (unpaired) electrons. The molecule has 0 saturated carbocycles. The molecule has 2 aromatic carbocycles. The zero-order chi connectivity index (χ0) is 25.5. The third-order valence-corrected chi connectivity index (χ3v) is 6.52. The summed E-state index contributed by atoms with van der Waals surface area (Å²) in [6.07, 6.45) is 5.42. The lowest BCUT2D eigenvalue weighted by molar-refractivity contribution is 0.0962. The van der Waals surface area contributed by atoms with E-state index >= 15 is 0 Å². The fraction of sp³-hybridized carbons (Fsp3) is 0.370. The number of piperidine rings is 1. The number of halogens is 1. The molecule has 0 atom stereocenters. The fourth-order valence-corrected chi connectivity index (χ4v) is 4.35. The number of benzene rings is 2. The Hall–Kier alpha value is -3.72. The zero-order valence-corrected chi connectivity index (χ0v) is 20.9. The predicted molar refractivity (Wildman–Crippen MR) is 137 cm³/mol. The van der Waals surface area contributed by atoms with Crippen LogP contribution in [0.4, 0.5) is 16.0 Å². The number of carbonyl (C=O) groups is 1. The van der Waals surface area contributed by atoms with E-state index in [9.17, 15) is 9.18 Å². The van der Waals surface area contributed by atoms with Crippen LogP contribution in [0.2, 0.25) is 0 Å². The van der Waals surface area contributed by atoms with Crippen LogP contribution in [0.3, 0.4) is 0 Å². The molecule has 1 amide bonds. The van der Waals surface area contributed by atoms with Gasteiger partial charge in [-0.25, -0.2) is 14.4 Å². The molecule has 1 saturated heterocycles. The number of ether oxygens (including phenoxy) is 2. The summed E-state index contributed by atoms with van der Waals surface area (Å²) in [5.41, 5.74) is 2.74. The number of aromatic nitrogens is 2. The van der Waals surface area contributed by atoms with Gasteiger partial charge in [0.15, 0.2) is 17.3 Å². The number of nitrogens with one attached hydrogen (secondary N) is 2. The molecule has 8 nitrogen and oxygen atoms in total. The lowest BCUT2D eigenvalue weighted by atomic mass is 9.89. The summed E-state index contributed by atoms with van der Waals surface area (Å²) in [6, 6.07) is 11.2. The van der Waals surface area contributed by atoms with E-state index in [0.717, 1.165) is 25.3 Å². The molecule has 0 spiro atoms. The van der Waals surface area contributed by atoms with Gasteiger partial charge in [0.05, 0.1) is 19.5 Å². The highest BCUT2D eigenvalue weighted by Gasteiger charge is 2.19. The van der Waals surface area contributed by atoms with Crippen LogP contribution in [0, 0.1) is 5.82 Å². The molecule has 2 N–H and O–H groups in total. The van der Waals surface area contributed by atoms with Crippen molar-refractivity contribution in [1.29, 1.82) is 0 Å². The molecule has 0 aliphatic carbocycles. The molecule has 4 rings (SSSR count). The minimum absolute atomic E-state index is 0.0251. The van der Waals surface area contributed by atoms with Gasteiger partial charge in [0.25, 0.3) is 5.91 Å². The Morgan fingerprint density at radius 3 is 2.44 bits per heavy atom. The number of carbonyl (C=O) groups excluding carboxylic acids is 1. The molecule has 190 valence electrons. The van der Waals surface area contributed by atoms with Crippen molar-refractivity contribution in [3.05, 3.63) is 71.3 Å². The van der Waals surface area contributed by atoms with E-state index in [-0.39, 0.29) is 29.4 Å². The fourth-order valence-electron chi connectivity index (χ4n) is 4.35. The Morgan fingerprint density at radius 2 is 1.83 bits per heavy atom. The van der Waals surface area contributed by atoms with Crippen LogP contribution < -0.4 is 20.1 Å². The molecule has 1 aliphatic rings. The third-order valence-electron chi connectivity index (χ3n) is 6.52. The van der Waals surface area contributed by atoms with Gasteiger partial charge in [0, 0.05) is 23.9 Å². The Morgan fingerprint density at radius 1 is 1.14 bits per heavy atom. The van der Waals surface area contributed by atoms with Gasteiger partial charge in [0.2, 0.25) is 5.95 Å². The van der Waals surface area contributed by atoms with Crippen LogP contribution in [-0.2, 0) is 6.61 Å². The number of nitrogens with zero attached hydrogens (tertiary/aromatic N) is 3. The first-order valence-corrected chi connectivity index (χ1v) is 12.1. The van der Waals surface area contributed by atoms with E-state index < -0.39 is 5.82 Å². The van der Waals surface area contributed by atoms with Crippen LogP contribution in [0.5, 0.6) is 11.5 Å². The first kappa shape index (κ1) is 25.4. The van der Waals surface area contributed by atoms with Crippen LogP contribution >= 0.6 is 0 Å². The van der Waals surface area contributed by atoms with Crippen molar-refractivity contribution in [2.45, 2.75) is 32.3 Å². The minimum atomic E-state index is -0.580. The molecule has 9 heteroatoms. The van der Waals surface area contributed by atoms with Gasteiger partial charge in [-0.1, -0.05) is 19.1 Å². The Labute approximate surface area is 210 Å².